The predicted octanol–water partition coefficient (Wildman–Crippen LogP) is 4.08. The Morgan fingerprint density at radius 3 is 2.59 bits per heavy atom. The zero-order valence-corrected chi connectivity index (χ0v) is 19.1. The number of halogens is 1. The minimum absolute atomic E-state index is 0.00498. The maximum atomic E-state index is 13.2. The first kappa shape index (κ1) is 23.9. The molecule has 1 fully saturated rings. The molecular weight excluding hydrogens is 439 g/mol. The van der Waals surface area contributed by atoms with E-state index < -0.39 is 18.1 Å². The van der Waals surface area contributed by atoms with E-state index in [0.717, 1.165) is 30.5 Å². The second-order valence-corrected chi connectivity index (χ2v) is 9.05. The lowest BCUT2D eigenvalue weighted by atomic mass is 9.85. The molecule has 2 N–H and O–H groups in total. The molecule has 0 spiro atoms. The molecule has 0 bridgehead atoms. The summed E-state index contributed by atoms with van der Waals surface area (Å²) >= 11 is 0. The third-order valence-corrected chi connectivity index (χ3v) is 6.83. The molecule has 1 saturated carbocycles. The van der Waals surface area contributed by atoms with Crippen LogP contribution in [0.15, 0.2) is 48.5 Å². The van der Waals surface area contributed by atoms with Crippen molar-refractivity contribution in [2.45, 2.75) is 63.8 Å². The maximum absolute atomic E-state index is 13.2. The summed E-state index contributed by atoms with van der Waals surface area (Å²) in [6.45, 7) is 1.81. The largest absolute Gasteiger partial charge is 0.481 e. The van der Waals surface area contributed by atoms with Crippen molar-refractivity contribution in [3.8, 4) is 0 Å². The van der Waals surface area contributed by atoms with Gasteiger partial charge in [0.2, 0.25) is 0 Å². The van der Waals surface area contributed by atoms with Gasteiger partial charge >= 0.3 is 12.1 Å². The predicted molar refractivity (Wildman–Crippen MR) is 124 cm³/mol. The number of para-hydroxylation sites is 1. The molecule has 0 aromatic heterocycles. The van der Waals surface area contributed by atoms with Crippen molar-refractivity contribution in [1.82, 2.24) is 5.32 Å². The van der Waals surface area contributed by atoms with Crippen LogP contribution in [0.1, 0.15) is 43.7 Å². The molecule has 2 aromatic carbocycles. The molecule has 0 radical (unpaired) electrons. The third-order valence-electron chi connectivity index (χ3n) is 6.83. The number of benzene rings is 2. The van der Waals surface area contributed by atoms with Crippen molar-refractivity contribution < 1.29 is 28.6 Å². The highest BCUT2D eigenvalue weighted by atomic mass is 19.1. The number of carboxylic acid groups (broad SMARTS) is 1. The van der Waals surface area contributed by atoms with Crippen LogP contribution in [0.25, 0.3) is 0 Å². The second-order valence-electron chi connectivity index (χ2n) is 9.05. The van der Waals surface area contributed by atoms with Gasteiger partial charge in [-0.3, -0.25) is 14.5 Å². The van der Waals surface area contributed by atoms with Gasteiger partial charge in [0.15, 0.2) is 0 Å². The topological polar surface area (TPSA) is 95.9 Å². The van der Waals surface area contributed by atoms with Crippen LogP contribution in [0.5, 0.6) is 0 Å². The van der Waals surface area contributed by atoms with Crippen LogP contribution in [0.2, 0.25) is 0 Å². The molecule has 8 heteroatoms. The van der Waals surface area contributed by atoms with Gasteiger partial charge in [-0.1, -0.05) is 30.3 Å². The van der Waals surface area contributed by atoms with E-state index >= 15 is 0 Å². The molecule has 1 aliphatic carbocycles. The Labute approximate surface area is 197 Å². The van der Waals surface area contributed by atoms with Gasteiger partial charge in [-0.25, -0.2) is 9.18 Å². The average Bonchev–Trinajstić information content (AvgIpc) is 3.22. The number of ketones is 1. The van der Waals surface area contributed by atoms with Gasteiger partial charge < -0.3 is 15.2 Å². The number of hydrogen-bond acceptors (Lipinski definition) is 5. The molecular formula is C26H29FN2O5. The quantitative estimate of drug-likeness (QED) is 0.606. The summed E-state index contributed by atoms with van der Waals surface area (Å²) < 4.78 is 18.8. The summed E-state index contributed by atoms with van der Waals surface area (Å²) in [6, 6.07) is 13.1. The third kappa shape index (κ3) is 5.28. The highest BCUT2D eigenvalue weighted by Gasteiger charge is 2.46. The van der Waals surface area contributed by atoms with Gasteiger partial charge in [-0.2, -0.15) is 0 Å². The normalized spacial score (nSPS) is 21.9. The van der Waals surface area contributed by atoms with E-state index in [2.05, 4.69) is 5.32 Å². The van der Waals surface area contributed by atoms with Crippen LogP contribution in [0.4, 0.5) is 14.9 Å². The Kier molecular flexibility index (Phi) is 7.26. The zero-order chi connectivity index (χ0) is 24.2. The molecule has 34 heavy (non-hydrogen) atoms. The first-order valence-electron chi connectivity index (χ1n) is 11.6. The smallest absolute Gasteiger partial charge is 0.414 e. The molecule has 1 heterocycles. The van der Waals surface area contributed by atoms with Crippen molar-refractivity contribution in [1.29, 1.82) is 0 Å². The van der Waals surface area contributed by atoms with E-state index in [1.165, 1.54) is 12.1 Å². The Bertz CT molecular complexity index is 1060. The minimum atomic E-state index is -0.986. The average molecular weight is 469 g/mol. The van der Waals surface area contributed by atoms with Gasteiger partial charge in [0, 0.05) is 18.5 Å². The molecule has 2 aromatic rings. The van der Waals surface area contributed by atoms with Crippen LogP contribution < -0.4 is 10.2 Å². The Balaban J connectivity index is 1.47. The fraction of sp³-hybridized carbons (Fsp3) is 0.423. The molecule has 2 aliphatic rings. The molecule has 0 saturated heterocycles. The second kappa shape index (κ2) is 10.3. The molecule has 4 atom stereocenters. The summed E-state index contributed by atoms with van der Waals surface area (Å²) in [5.74, 6) is -1.36. The number of nitrogens with one attached hydrogen (secondary N) is 1. The zero-order valence-electron chi connectivity index (χ0n) is 19.1. The summed E-state index contributed by atoms with van der Waals surface area (Å²) in [5, 5.41) is 12.2. The number of anilines is 1. The molecule has 4 rings (SSSR count). The number of rotatable bonds is 8. The van der Waals surface area contributed by atoms with Crippen molar-refractivity contribution in [2.24, 2.45) is 5.92 Å². The van der Waals surface area contributed by atoms with Gasteiger partial charge in [0.1, 0.15) is 18.2 Å². The molecule has 7 nitrogen and oxygen atoms in total. The lowest BCUT2D eigenvalue weighted by molar-refractivity contribution is -0.138. The van der Waals surface area contributed by atoms with E-state index in [-0.39, 0.29) is 49.1 Å². The number of amides is 1. The van der Waals surface area contributed by atoms with E-state index in [0.29, 0.717) is 5.56 Å². The SMILES string of the molecule is CC(NC1CCC2C1Cc1ccccc1N2C(=O)OCc1ccc(F)cc1)C(=O)CCC(=O)O. The van der Waals surface area contributed by atoms with Crippen molar-refractivity contribution in [3.63, 3.8) is 0 Å². The van der Waals surface area contributed by atoms with Crippen LogP contribution in [-0.2, 0) is 27.4 Å². The fourth-order valence-corrected chi connectivity index (χ4v) is 5.09. The lowest BCUT2D eigenvalue weighted by Gasteiger charge is -2.40. The Morgan fingerprint density at radius 2 is 1.85 bits per heavy atom. The Hall–Kier alpha value is -3.26. The van der Waals surface area contributed by atoms with Gasteiger partial charge in [0.05, 0.1) is 18.2 Å². The fourth-order valence-electron chi connectivity index (χ4n) is 5.09. The standard InChI is InChI=1S/C26H29FN2O5/c1-16(24(30)12-13-25(31)32)28-21-10-11-23-20(21)14-18-4-2-3-5-22(18)29(23)26(33)34-15-17-6-8-19(27)9-7-17/h2-9,16,20-21,23,28H,10-15H2,1H3,(H,31,32). The summed E-state index contributed by atoms with van der Waals surface area (Å²) in [6.07, 6.45) is 1.70. The molecule has 180 valence electrons. The summed E-state index contributed by atoms with van der Waals surface area (Å²) in [7, 11) is 0. The van der Waals surface area contributed by atoms with Crippen molar-refractivity contribution >= 4 is 23.5 Å². The number of fused-ring (bicyclic) bond motifs is 2. The van der Waals surface area contributed by atoms with Crippen molar-refractivity contribution in [2.75, 3.05) is 4.90 Å². The number of carboxylic acids is 1. The monoisotopic (exact) mass is 468 g/mol. The van der Waals surface area contributed by atoms with Gasteiger partial charge in [0.25, 0.3) is 0 Å². The number of nitrogens with zero attached hydrogens (tertiary/aromatic N) is 1. The number of hydrogen-bond donors (Lipinski definition) is 2. The number of carbonyl (C=O) groups is 3. The van der Waals surface area contributed by atoms with E-state index in [1.807, 2.05) is 24.3 Å². The number of Topliss-reactive ketones (excluding diaryl/α,β-unsaturated/α-hetero) is 1. The summed E-state index contributed by atoms with van der Waals surface area (Å²) in [4.78, 5) is 38.1. The lowest BCUT2D eigenvalue weighted by Crippen LogP contribution is -2.52. The van der Waals surface area contributed by atoms with Crippen molar-refractivity contribution in [3.05, 3.63) is 65.5 Å². The van der Waals surface area contributed by atoms with E-state index in [1.54, 1.807) is 24.0 Å². The van der Waals surface area contributed by atoms with Crippen LogP contribution in [-0.4, -0.2) is 41.1 Å². The first-order valence-corrected chi connectivity index (χ1v) is 11.6. The highest BCUT2D eigenvalue weighted by Crippen LogP contribution is 2.42. The van der Waals surface area contributed by atoms with Crippen LogP contribution in [0, 0.1) is 11.7 Å². The summed E-state index contributed by atoms with van der Waals surface area (Å²) in [5.41, 5.74) is 2.58. The Morgan fingerprint density at radius 1 is 1.12 bits per heavy atom. The van der Waals surface area contributed by atoms with Crippen LogP contribution in [0.3, 0.4) is 0 Å². The molecule has 1 aliphatic heterocycles. The van der Waals surface area contributed by atoms with Crippen LogP contribution >= 0.6 is 0 Å². The number of carbonyl (C=O) groups excluding carboxylic acids is 2. The maximum Gasteiger partial charge on any atom is 0.414 e. The van der Waals surface area contributed by atoms with Gasteiger partial charge in [-0.05, 0) is 61.4 Å². The molecule has 4 unspecified atom stereocenters. The van der Waals surface area contributed by atoms with E-state index in [9.17, 15) is 18.8 Å². The number of ether oxygens (including phenoxy) is 1. The van der Waals surface area contributed by atoms with E-state index in [4.69, 9.17) is 9.84 Å². The minimum Gasteiger partial charge on any atom is -0.481 e. The number of aliphatic carboxylic acids is 1. The first-order chi connectivity index (χ1) is 16.3. The highest BCUT2D eigenvalue weighted by molar-refractivity contribution is 5.90. The molecule has 1 amide bonds. The van der Waals surface area contributed by atoms with Gasteiger partial charge in [-0.15, -0.1) is 0 Å².